The largest absolute Gasteiger partial charge is 0.504 e. The van der Waals surface area contributed by atoms with E-state index in [0.717, 1.165) is 29.3 Å². The van der Waals surface area contributed by atoms with Gasteiger partial charge in [0.15, 0.2) is 5.75 Å². The quantitative estimate of drug-likeness (QED) is 0.411. The lowest BCUT2D eigenvalue weighted by molar-refractivity contribution is 0.445. The summed E-state index contributed by atoms with van der Waals surface area (Å²) in [6.07, 6.45) is 0. The van der Waals surface area contributed by atoms with E-state index >= 15 is 0 Å². The molecule has 0 aliphatic heterocycles. The number of rotatable bonds is 4. The van der Waals surface area contributed by atoms with Crippen molar-refractivity contribution in [2.45, 2.75) is 23.6 Å². The van der Waals surface area contributed by atoms with Gasteiger partial charge in [-0.15, -0.1) is 5.11 Å². The topological polar surface area (TPSA) is 154 Å². The van der Waals surface area contributed by atoms with Crippen molar-refractivity contribution < 1.29 is 31.0 Å². The maximum atomic E-state index is 11.6. The molecule has 0 amide bonds. The Hall–Kier alpha value is -2.86. The SMILES string of the molecule is Cc1ccc(N=Nc2c(O)c(S(=O)(=O)O)cc3ccc(S(=O)(=O)O)cc23)c(C)c1. The molecule has 0 aliphatic carbocycles. The first kappa shape index (κ1) is 20.9. The van der Waals surface area contributed by atoms with Crippen LogP contribution in [0.15, 0.2) is 62.5 Å². The minimum absolute atomic E-state index is 0.0125. The van der Waals surface area contributed by atoms with Crippen molar-refractivity contribution in [2.75, 3.05) is 0 Å². The molecular formula is C18H16N2O7S2. The molecule has 0 aliphatic rings. The van der Waals surface area contributed by atoms with Crippen LogP contribution >= 0.6 is 0 Å². The highest BCUT2D eigenvalue weighted by molar-refractivity contribution is 7.86. The zero-order valence-corrected chi connectivity index (χ0v) is 16.9. The summed E-state index contributed by atoms with van der Waals surface area (Å²) in [5.74, 6) is -0.902. The lowest BCUT2D eigenvalue weighted by Crippen LogP contribution is -2.00. The van der Waals surface area contributed by atoms with Gasteiger partial charge in [-0.1, -0.05) is 23.8 Å². The predicted molar refractivity (Wildman–Crippen MR) is 105 cm³/mol. The van der Waals surface area contributed by atoms with Crippen LogP contribution in [0.25, 0.3) is 10.8 Å². The van der Waals surface area contributed by atoms with Crippen LogP contribution in [-0.2, 0) is 20.2 Å². The Labute approximate surface area is 166 Å². The molecule has 0 spiro atoms. The molecule has 3 rings (SSSR count). The van der Waals surface area contributed by atoms with E-state index in [2.05, 4.69) is 10.2 Å². The summed E-state index contributed by atoms with van der Waals surface area (Å²) in [4.78, 5) is -1.29. The monoisotopic (exact) mass is 436 g/mol. The third kappa shape index (κ3) is 4.27. The fourth-order valence-corrected chi connectivity index (χ4v) is 3.92. The molecule has 3 aromatic rings. The molecule has 0 saturated carbocycles. The molecule has 3 N–H and O–H groups in total. The molecule has 29 heavy (non-hydrogen) atoms. The zero-order chi connectivity index (χ0) is 21.6. The lowest BCUT2D eigenvalue weighted by Gasteiger charge is -2.10. The standard InChI is InChI=1S/C18H16N2O7S2/c1-10-3-6-15(11(2)7-10)19-20-17-14-9-13(28(22,23)24)5-4-12(14)8-16(18(17)21)29(25,26)27/h3-9,21H,1-2H3,(H,22,23,24)(H,25,26,27). The second-order valence-corrected chi connectivity index (χ2v) is 9.21. The minimum Gasteiger partial charge on any atom is -0.504 e. The molecule has 0 bridgehead atoms. The van der Waals surface area contributed by atoms with Gasteiger partial charge >= 0.3 is 0 Å². The van der Waals surface area contributed by atoms with Crippen LogP contribution in [0.4, 0.5) is 11.4 Å². The Balaban J connectivity index is 2.34. The van der Waals surface area contributed by atoms with Crippen LogP contribution in [0.2, 0.25) is 0 Å². The first-order valence-electron chi connectivity index (χ1n) is 8.11. The summed E-state index contributed by atoms with van der Waals surface area (Å²) < 4.78 is 64.9. The van der Waals surface area contributed by atoms with E-state index in [1.165, 1.54) is 6.07 Å². The van der Waals surface area contributed by atoms with Gasteiger partial charge in [-0.2, -0.15) is 21.9 Å². The van der Waals surface area contributed by atoms with Gasteiger partial charge in [-0.25, -0.2) is 0 Å². The van der Waals surface area contributed by atoms with Gasteiger partial charge in [0.05, 0.1) is 10.6 Å². The molecule has 0 saturated heterocycles. The number of phenols is 1. The smallest absolute Gasteiger partial charge is 0.298 e. The van der Waals surface area contributed by atoms with Crippen LogP contribution < -0.4 is 0 Å². The van der Waals surface area contributed by atoms with E-state index in [1.807, 2.05) is 13.0 Å². The molecule has 11 heteroatoms. The van der Waals surface area contributed by atoms with Gasteiger partial charge in [-0.05, 0) is 49.1 Å². The molecule has 9 nitrogen and oxygen atoms in total. The van der Waals surface area contributed by atoms with Crippen LogP contribution in [0.1, 0.15) is 11.1 Å². The van der Waals surface area contributed by atoms with E-state index in [1.54, 1.807) is 19.1 Å². The van der Waals surface area contributed by atoms with Crippen molar-refractivity contribution in [3.05, 3.63) is 53.6 Å². The number of phenolic OH excluding ortho intramolecular Hbond substituents is 1. The molecule has 0 atom stereocenters. The fraction of sp³-hybridized carbons (Fsp3) is 0.111. The Morgan fingerprint density at radius 2 is 1.52 bits per heavy atom. The van der Waals surface area contributed by atoms with E-state index in [-0.39, 0.29) is 16.5 Å². The number of benzene rings is 3. The van der Waals surface area contributed by atoms with Gasteiger partial charge in [0.25, 0.3) is 20.2 Å². The molecule has 0 radical (unpaired) electrons. The molecule has 0 heterocycles. The summed E-state index contributed by atoms with van der Waals surface area (Å²) in [6, 6.07) is 9.54. The number of hydrogen-bond acceptors (Lipinski definition) is 7. The Morgan fingerprint density at radius 1 is 0.828 bits per heavy atom. The van der Waals surface area contributed by atoms with E-state index < -0.39 is 35.8 Å². The fourth-order valence-electron chi connectivity index (χ4n) is 2.80. The summed E-state index contributed by atoms with van der Waals surface area (Å²) in [6.45, 7) is 3.67. The lowest BCUT2D eigenvalue weighted by atomic mass is 10.1. The van der Waals surface area contributed by atoms with Crippen molar-refractivity contribution in [3.8, 4) is 5.75 Å². The average molecular weight is 436 g/mol. The zero-order valence-electron chi connectivity index (χ0n) is 15.2. The molecule has 0 aromatic heterocycles. The number of aromatic hydroxyl groups is 1. The minimum atomic E-state index is -4.80. The van der Waals surface area contributed by atoms with Crippen LogP contribution in [0.3, 0.4) is 0 Å². The van der Waals surface area contributed by atoms with Crippen molar-refractivity contribution in [3.63, 3.8) is 0 Å². The summed E-state index contributed by atoms with van der Waals surface area (Å²) in [7, 11) is -9.36. The maximum Gasteiger partial charge on any atom is 0.298 e. The molecule has 0 unspecified atom stereocenters. The Bertz CT molecular complexity index is 1380. The summed E-state index contributed by atoms with van der Waals surface area (Å²) in [5, 5.41) is 18.5. The van der Waals surface area contributed by atoms with Gasteiger partial charge in [0.2, 0.25) is 0 Å². The third-order valence-corrected chi connectivity index (χ3v) is 5.93. The first-order valence-corrected chi connectivity index (χ1v) is 11.0. The van der Waals surface area contributed by atoms with Gasteiger partial charge < -0.3 is 5.11 Å². The van der Waals surface area contributed by atoms with Crippen molar-refractivity contribution in [2.24, 2.45) is 10.2 Å². The number of aryl methyl sites for hydroxylation is 2. The molecule has 0 fully saturated rings. The van der Waals surface area contributed by atoms with Gasteiger partial charge in [-0.3, -0.25) is 9.11 Å². The molecule has 3 aromatic carbocycles. The summed E-state index contributed by atoms with van der Waals surface area (Å²) >= 11 is 0. The highest BCUT2D eigenvalue weighted by Gasteiger charge is 2.23. The second-order valence-electron chi connectivity index (χ2n) is 6.39. The van der Waals surface area contributed by atoms with Crippen molar-refractivity contribution in [1.29, 1.82) is 0 Å². The predicted octanol–water partition coefficient (Wildman–Crippen LogP) is 4.07. The van der Waals surface area contributed by atoms with Crippen LogP contribution in [-0.4, -0.2) is 31.0 Å². The normalized spacial score (nSPS) is 12.7. The second kappa shape index (κ2) is 7.19. The van der Waals surface area contributed by atoms with E-state index in [4.69, 9.17) is 0 Å². The number of fused-ring (bicyclic) bond motifs is 1. The molecular weight excluding hydrogens is 420 g/mol. The Morgan fingerprint density at radius 3 is 2.10 bits per heavy atom. The molecule has 152 valence electrons. The highest BCUT2D eigenvalue weighted by atomic mass is 32.2. The van der Waals surface area contributed by atoms with Crippen LogP contribution in [0, 0.1) is 13.8 Å². The first-order chi connectivity index (χ1) is 13.4. The highest BCUT2D eigenvalue weighted by Crippen LogP contribution is 2.42. The van der Waals surface area contributed by atoms with Crippen molar-refractivity contribution in [1.82, 2.24) is 0 Å². The van der Waals surface area contributed by atoms with Crippen LogP contribution in [0.5, 0.6) is 5.75 Å². The van der Waals surface area contributed by atoms with E-state index in [9.17, 15) is 31.0 Å². The number of nitrogens with zero attached hydrogens (tertiary/aromatic N) is 2. The summed E-state index contributed by atoms with van der Waals surface area (Å²) in [5.41, 5.74) is 1.81. The number of hydrogen-bond donors (Lipinski definition) is 3. The van der Waals surface area contributed by atoms with E-state index in [0.29, 0.717) is 5.69 Å². The number of azo groups is 1. The van der Waals surface area contributed by atoms with Crippen molar-refractivity contribution >= 4 is 42.4 Å². The average Bonchev–Trinajstić information content (AvgIpc) is 2.59. The maximum absolute atomic E-state index is 11.6. The Kier molecular flexibility index (Phi) is 5.17. The van der Waals surface area contributed by atoms with Gasteiger partial charge in [0.1, 0.15) is 10.6 Å². The van der Waals surface area contributed by atoms with Gasteiger partial charge in [0, 0.05) is 5.39 Å². The third-order valence-electron chi connectivity index (χ3n) is 4.21.